The molecule has 0 saturated heterocycles. The average Bonchev–Trinajstić information content (AvgIpc) is 2.28. The summed E-state index contributed by atoms with van der Waals surface area (Å²) in [6, 6.07) is 11.3. The predicted octanol–water partition coefficient (Wildman–Crippen LogP) is 3.64. The van der Waals surface area contributed by atoms with Crippen LogP contribution in [0, 0.1) is 5.92 Å². The van der Waals surface area contributed by atoms with Crippen LogP contribution in [-0.2, 0) is 6.42 Å². The maximum atomic E-state index is 3.59. The van der Waals surface area contributed by atoms with E-state index in [1.165, 1.54) is 18.4 Å². The van der Waals surface area contributed by atoms with E-state index in [0.717, 1.165) is 18.9 Å². The van der Waals surface area contributed by atoms with Gasteiger partial charge in [0.05, 0.1) is 0 Å². The standard InChI is InChI=1S/C15H25N/c1-13(2)9-10-14(3)16-12-11-15-7-5-4-6-8-15/h4-8,13-14,16H,9-12H2,1-3H3. The lowest BCUT2D eigenvalue weighted by Crippen LogP contribution is -2.28. The van der Waals surface area contributed by atoms with Crippen LogP contribution in [-0.4, -0.2) is 12.6 Å². The van der Waals surface area contributed by atoms with Crippen LogP contribution in [0.15, 0.2) is 30.3 Å². The van der Waals surface area contributed by atoms with Crippen molar-refractivity contribution in [1.82, 2.24) is 5.32 Å². The van der Waals surface area contributed by atoms with E-state index in [4.69, 9.17) is 0 Å². The van der Waals surface area contributed by atoms with E-state index in [0.29, 0.717) is 6.04 Å². The highest BCUT2D eigenvalue weighted by Crippen LogP contribution is 2.06. The van der Waals surface area contributed by atoms with Crippen LogP contribution in [0.2, 0.25) is 0 Å². The zero-order valence-electron chi connectivity index (χ0n) is 10.9. The second kappa shape index (κ2) is 7.45. The smallest absolute Gasteiger partial charge is 0.00389 e. The van der Waals surface area contributed by atoms with Gasteiger partial charge in [-0.15, -0.1) is 0 Å². The number of hydrogen-bond donors (Lipinski definition) is 1. The number of nitrogens with one attached hydrogen (secondary N) is 1. The van der Waals surface area contributed by atoms with E-state index in [9.17, 15) is 0 Å². The quantitative estimate of drug-likeness (QED) is 0.738. The SMILES string of the molecule is CC(C)CCC(C)NCCc1ccccc1. The van der Waals surface area contributed by atoms with Crippen LogP contribution in [0.3, 0.4) is 0 Å². The number of rotatable bonds is 7. The van der Waals surface area contributed by atoms with Gasteiger partial charge in [0.25, 0.3) is 0 Å². The van der Waals surface area contributed by atoms with Gasteiger partial charge in [-0.25, -0.2) is 0 Å². The Balaban J connectivity index is 2.11. The van der Waals surface area contributed by atoms with Gasteiger partial charge in [-0.2, -0.15) is 0 Å². The summed E-state index contributed by atoms with van der Waals surface area (Å²) in [5.74, 6) is 0.818. The van der Waals surface area contributed by atoms with Gasteiger partial charge in [0.15, 0.2) is 0 Å². The molecular weight excluding hydrogens is 194 g/mol. The Morgan fingerprint density at radius 3 is 2.31 bits per heavy atom. The highest BCUT2D eigenvalue weighted by atomic mass is 14.9. The second-order valence-electron chi connectivity index (χ2n) is 5.06. The molecule has 16 heavy (non-hydrogen) atoms. The third-order valence-electron chi connectivity index (χ3n) is 2.93. The van der Waals surface area contributed by atoms with Crippen molar-refractivity contribution in [2.24, 2.45) is 5.92 Å². The molecule has 0 amide bonds. The molecule has 0 bridgehead atoms. The highest BCUT2D eigenvalue weighted by Gasteiger charge is 2.02. The molecular formula is C15H25N. The van der Waals surface area contributed by atoms with Gasteiger partial charge in [-0.3, -0.25) is 0 Å². The fraction of sp³-hybridized carbons (Fsp3) is 0.600. The van der Waals surface area contributed by atoms with Gasteiger partial charge in [-0.05, 0) is 44.2 Å². The Morgan fingerprint density at radius 2 is 1.69 bits per heavy atom. The molecule has 1 unspecified atom stereocenters. The maximum absolute atomic E-state index is 3.59. The molecule has 1 N–H and O–H groups in total. The lowest BCUT2D eigenvalue weighted by Gasteiger charge is -2.14. The Kier molecular flexibility index (Phi) is 6.17. The molecule has 0 aliphatic rings. The molecule has 0 aliphatic heterocycles. The summed E-state index contributed by atoms with van der Waals surface area (Å²) >= 11 is 0. The van der Waals surface area contributed by atoms with E-state index < -0.39 is 0 Å². The zero-order chi connectivity index (χ0) is 11.8. The number of benzene rings is 1. The third-order valence-corrected chi connectivity index (χ3v) is 2.93. The summed E-state index contributed by atoms with van der Waals surface area (Å²) in [4.78, 5) is 0. The summed E-state index contributed by atoms with van der Waals surface area (Å²) < 4.78 is 0. The predicted molar refractivity (Wildman–Crippen MR) is 71.7 cm³/mol. The first-order valence-corrected chi connectivity index (χ1v) is 6.46. The summed E-state index contributed by atoms with van der Waals surface area (Å²) in [7, 11) is 0. The van der Waals surface area contributed by atoms with Gasteiger partial charge in [-0.1, -0.05) is 44.2 Å². The molecule has 1 atom stereocenters. The normalized spacial score (nSPS) is 13.0. The fourth-order valence-corrected chi connectivity index (χ4v) is 1.79. The Morgan fingerprint density at radius 1 is 1.00 bits per heavy atom. The van der Waals surface area contributed by atoms with Crippen LogP contribution in [0.4, 0.5) is 0 Å². The first-order valence-electron chi connectivity index (χ1n) is 6.46. The summed E-state index contributed by atoms with van der Waals surface area (Å²) in [5.41, 5.74) is 1.42. The second-order valence-corrected chi connectivity index (χ2v) is 5.06. The van der Waals surface area contributed by atoms with Crippen molar-refractivity contribution in [1.29, 1.82) is 0 Å². The lowest BCUT2D eigenvalue weighted by atomic mass is 10.0. The molecule has 0 aromatic heterocycles. The Hall–Kier alpha value is -0.820. The van der Waals surface area contributed by atoms with Crippen molar-refractivity contribution in [3.05, 3.63) is 35.9 Å². The number of hydrogen-bond acceptors (Lipinski definition) is 1. The highest BCUT2D eigenvalue weighted by molar-refractivity contribution is 5.14. The van der Waals surface area contributed by atoms with E-state index in [-0.39, 0.29) is 0 Å². The van der Waals surface area contributed by atoms with Crippen LogP contribution in [0.5, 0.6) is 0 Å². The van der Waals surface area contributed by atoms with Crippen molar-refractivity contribution in [2.45, 2.75) is 46.1 Å². The van der Waals surface area contributed by atoms with Gasteiger partial charge >= 0.3 is 0 Å². The van der Waals surface area contributed by atoms with E-state index in [2.05, 4.69) is 56.4 Å². The van der Waals surface area contributed by atoms with Crippen LogP contribution < -0.4 is 5.32 Å². The molecule has 1 rings (SSSR count). The lowest BCUT2D eigenvalue weighted by molar-refractivity contribution is 0.453. The molecule has 1 aromatic rings. The van der Waals surface area contributed by atoms with E-state index in [1.807, 2.05) is 0 Å². The van der Waals surface area contributed by atoms with Crippen molar-refractivity contribution in [3.63, 3.8) is 0 Å². The minimum absolute atomic E-state index is 0.645. The first-order chi connectivity index (χ1) is 7.68. The largest absolute Gasteiger partial charge is 0.314 e. The minimum atomic E-state index is 0.645. The van der Waals surface area contributed by atoms with Crippen LogP contribution in [0.1, 0.15) is 39.2 Å². The monoisotopic (exact) mass is 219 g/mol. The van der Waals surface area contributed by atoms with Gasteiger partial charge < -0.3 is 5.32 Å². The molecule has 0 heterocycles. The molecule has 90 valence electrons. The van der Waals surface area contributed by atoms with Crippen molar-refractivity contribution in [2.75, 3.05) is 6.54 Å². The molecule has 0 spiro atoms. The maximum Gasteiger partial charge on any atom is 0.00389 e. The van der Waals surface area contributed by atoms with Crippen LogP contribution >= 0.6 is 0 Å². The molecule has 0 fully saturated rings. The van der Waals surface area contributed by atoms with Crippen molar-refractivity contribution in [3.8, 4) is 0 Å². The fourth-order valence-electron chi connectivity index (χ4n) is 1.79. The first kappa shape index (κ1) is 13.2. The van der Waals surface area contributed by atoms with Gasteiger partial charge in [0, 0.05) is 6.04 Å². The average molecular weight is 219 g/mol. The molecule has 1 heteroatoms. The Bertz CT molecular complexity index is 266. The summed E-state index contributed by atoms with van der Waals surface area (Å²) in [5, 5.41) is 3.59. The van der Waals surface area contributed by atoms with Crippen molar-refractivity contribution >= 4 is 0 Å². The van der Waals surface area contributed by atoms with E-state index in [1.54, 1.807) is 0 Å². The van der Waals surface area contributed by atoms with Crippen LogP contribution in [0.25, 0.3) is 0 Å². The van der Waals surface area contributed by atoms with Crippen molar-refractivity contribution < 1.29 is 0 Å². The molecule has 1 nitrogen and oxygen atoms in total. The topological polar surface area (TPSA) is 12.0 Å². The molecule has 0 aliphatic carbocycles. The van der Waals surface area contributed by atoms with E-state index >= 15 is 0 Å². The van der Waals surface area contributed by atoms with Gasteiger partial charge in [0.1, 0.15) is 0 Å². The minimum Gasteiger partial charge on any atom is -0.314 e. The summed E-state index contributed by atoms with van der Waals surface area (Å²) in [6.07, 6.45) is 3.73. The molecule has 0 saturated carbocycles. The zero-order valence-corrected chi connectivity index (χ0v) is 10.9. The Labute approximate surface area is 100 Å². The molecule has 1 aromatic carbocycles. The summed E-state index contributed by atoms with van der Waals surface area (Å²) in [6.45, 7) is 7.95. The molecule has 0 radical (unpaired) electrons. The third kappa shape index (κ3) is 5.92. The van der Waals surface area contributed by atoms with Gasteiger partial charge in [0.2, 0.25) is 0 Å².